The summed E-state index contributed by atoms with van der Waals surface area (Å²) in [6.07, 6.45) is 3.28. The average molecular weight is 209 g/mol. The summed E-state index contributed by atoms with van der Waals surface area (Å²) in [6, 6.07) is 1.86. The number of hydrogen-bond donors (Lipinski definition) is 1. The second-order valence-electron chi connectivity index (χ2n) is 3.98. The van der Waals surface area contributed by atoms with E-state index in [2.05, 4.69) is 18.9 Å². The van der Waals surface area contributed by atoms with Crippen LogP contribution in [0.3, 0.4) is 0 Å². The topological polar surface area (TPSA) is 60.9 Å². The molecule has 0 amide bonds. The molecule has 1 aromatic heterocycles. The van der Waals surface area contributed by atoms with Crippen molar-refractivity contribution in [1.82, 2.24) is 9.78 Å². The molecule has 1 heterocycles. The Morgan fingerprint density at radius 2 is 2.27 bits per heavy atom. The highest BCUT2D eigenvalue weighted by molar-refractivity contribution is 5.85. The van der Waals surface area contributed by atoms with Crippen molar-refractivity contribution in [2.24, 2.45) is 5.73 Å². The first-order valence-corrected chi connectivity index (χ1v) is 5.37. The molecule has 0 saturated carbocycles. The zero-order valence-corrected chi connectivity index (χ0v) is 9.60. The van der Waals surface area contributed by atoms with Gasteiger partial charge in [0.05, 0.1) is 18.2 Å². The van der Waals surface area contributed by atoms with Gasteiger partial charge in [0.25, 0.3) is 0 Å². The van der Waals surface area contributed by atoms with Gasteiger partial charge in [-0.05, 0) is 26.3 Å². The van der Waals surface area contributed by atoms with E-state index in [0.29, 0.717) is 12.5 Å². The smallest absolute Gasteiger partial charge is 0.155 e. The first-order chi connectivity index (χ1) is 7.04. The Bertz CT molecular complexity index is 330. The average Bonchev–Trinajstić information content (AvgIpc) is 2.65. The molecule has 0 aliphatic carbocycles. The number of nitrogens with zero attached hydrogens (tertiary/aromatic N) is 2. The van der Waals surface area contributed by atoms with E-state index < -0.39 is 6.04 Å². The number of ketones is 1. The minimum Gasteiger partial charge on any atom is -0.322 e. The van der Waals surface area contributed by atoms with Crippen molar-refractivity contribution >= 4 is 5.78 Å². The number of Topliss-reactive ketones (excluding diaryl/α,β-unsaturated/α-hetero) is 1. The summed E-state index contributed by atoms with van der Waals surface area (Å²) in [5.74, 6) is 0.0319. The SMILES string of the molecule is CCC(C)n1ccc(CC(=O)C(C)N)n1. The Balaban J connectivity index is 2.64. The molecule has 4 nitrogen and oxygen atoms in total. The summed E-state index contributed by atoms with van der Waals surface area (Å²) in [7, 11) is 0. The van der Waals surface area contributed by atoms with Crippen LogP contribution in [0.15, 0.2) is 12.3 Å². The van der Waals surface area contributed by atoms with Crippen LogP contribution >= 0.6 is 0 Å². The first kappa shape index (κ1) is 11.9. The summed E-state index contributed by atoms with van der Waals surface area (Å²) < 4.78 is 1.89. The summed E-state index contributed by atoms with van der Waals surface area (Å²) in [4.78, 5) is 11.4. The molecule has 4 heteroatoms. The zero-order chi connectivity index (χ0) is 11.4. The fourth-order valence-corrected chi connectivity index (χ4v) is 1.24. The quantitative estimate of drug-likeness (QED) is 0.795. The molecule has 0 aromatic carbocycles. The molecule has 0 aliphatic heterocycles. The maximum atomic E-state index is 11.4. The third-order valence-corrected chi connectivity index (χ3v) is 2.57. The molecule has 0 saturated heterocycles. The predicted molar refractivity (Wildman–Crippen MR) is 59.6 cm³/mol. The van der Waals surface area contributed by atoms with Crippen molar-refractivity contribution in [3.05, 3.63) is 18.0 Å². The van der Waals surface area contributed by atoms with Gasteiger partial charge in [-0.2, -0.15) is 5.10 Å². The van der Waals surface area contributed by atoms with Crippen molar-refractivity contribution in [2.75, 3.05) is 0 Å². The second-order valence-corrected chi connectivity index (χ2v) is 3.98. The van der Waals surface area contributed by atoms with E-state index in [1.54, 1.807) is 6.92 Å². The summed E-state index contributed by atoms with van der Waals surface area (Å²) in [6.45, 7) is 5.91. The number of nitrogens with two attached hydrogens (primary N) is 1. The lowest BCUT2D eigenvalue weighted by atomic mass is 10.1. The standard InChI is InChI=1S/C11H19N3O/c1-4-8(2)14-6-5-10(13-14)7-11(15)9(3)12/h5-6,8-9H,4,7,12H2,1-3H3. The fraction of sp³-hybridized carbons (Fsp3) is 0.636. The van der Waals surface area contributed by atoms with Gasteiger partial charge < -0.3 is 5.73 Å². The van der Waals surface area contributed by atoms with Crippen molar-refractivity contribution in [1.29, 1.82) is 0 Å². The van der Waals surface area contributed by atoms with Gasteiger partial charge in [-0.3, -0.25) is 9.48 Å². The molecule has 0 radical (unpaired) electrons. The van der Waals surface area contributed by atoms with Crippen LogP contribution in [0.25, 0.3) is 0 Å². The highest BCUT2D eigenvalue weighted by atomic mass is 16.1. The third-order valence-electron chi connectivity index (χ3n) is 2.57. The van der Waals surface area contributed by atoms with Gasteiger partial charge in [-0.15, -0.1) is 0 Å². The molecule has 0 bridgehead atoms. The van der Waals surface area contributed by atoms with E-state index in [4.69, 9.17) is 5.73 Å². The van der Waals surface area contributed by atoms with E-state index in [1.165, 1.54) is 0 Å². The van der Waals surface area contributed by atoms with Crippen LogP contribution in [0.2, 0.25) is 0 Å². The second kappa shape index (κ2) is 5.07. The van der Waals surface area contributed by atoms with Gasteiger partial charge in [0.1, 0.15) is 0 Å². The Labute approximate surface area is 90.5 Å². The van der Waals surface area contributed by atoms with Gasteiger partial charge >= 0.3 is 0 Å². The Morgan fingerprint density at radius 3 is 2.80 bits per heavy atom. The van der Waals surface area contributed by atoms with E-state index in [9.17, 15) is 4.79 Å². The van der Waals surface area contributed by atoms with Crippen LogP contribution in [-0.4, -0.2) is 21.6 Å². The summed E-state index contributed by atoms with van der Waals surface area (Å²) >= 11 is 0. The lowest BCUT2D eigenvalue weighted by molar-refractivity contribution is -0.119. The lowest BCUT2D eigenvalue weighted by Gasteiger charge is -2.08. The molecular formula is C11H19N3O. The highest BCUT2D eigenvalue weighted by Gasteiger charge is 2.11. The molecule has 0 fully saturated rings. The van der Waals surface area contributed by atoms with Gasteiger partial charge in [0, 0.05) is 12.2 Å². The van der Waals surface area contributed by atoms with Crippen molar-refractivity contribution in [3.63, 3.8) is 0 Å². The Hall–Kier alpha value is -1.16. The molecule has 1 rings (SSSR count). The molecule has 0 spiro atoms. The maximum absolute atomic E-state index is 11.4. The van der Waals surface area contributed by atoms with Crippen LogP contribution in [0.1, 0.15) is 38.9 Å². The Kier molecular flexibility index (Phi) is 4.03. The van der Waals surface area contributed by atoms with Crippen molar-refractivity contribution < 1.29 is 4.79 Å². The molecule has 2 atom stereocenters. The largest absolute Gasteiger partial charge is 0.322 e. The van der Waals surface area contributed by atoms with E-state index >= 15 is 0 Å². The molecule has 2 unspecified atom stereocenters. The maximum Gasteiger partial charge on any atom is 0.155 e. The summed E-state index contributed by atoms with van der Waals surface area (Å²) in [5, 5.41) is 4.34. The number of carbonyl (C=O) groups is 1. The molecule has 84 valence electrons. The predicted octanol–water partition coefficient (Wildman–Crippen LogP) is 1.31. The molecule has 1 aromatic rings. The number of carbonyl (C=O) groups excluding carboxylic acids is 1. The van der Waals surface area contributed by atoms with Gasteiger partial charge in [0.15, 0.2) is 5.78 Å². The third kappa shape index (κ3) is 3.16. The van der Waals surface area contributed by atoms with E-state index in [1.807, 2.05) is 16.9 Å². The minimum atomic E-state index is -0.404. The first-order valence-electron chi connectivity index (χ1n) is 5.37. The zero-order valence-electron chi connectivity index (χ0n) is 9.60. The monoisotopic (exact) mass is 209 g/mol. The van der Waals surface area contributed by atoms with Gasteiger partial charge in [-0.25, -0.2) is 0 Å². The van der Waals surface area contributed by atoms with Crippen LogP contribution in [0, 0.1) is 0 Å². The lowest BCUT2D eigenvalue weighted by Crippen LogP contribution is -2.28. The number of rotatable bonds is 5. The van der Waals surface area contributed by atoms with E-state index in [-0.39, 0.29) is 5.78 Å². The number of aromatic nitrogens is 2. The van der Waals surface area contributed by atoms with Crippen molar-refractivity contribution in [3.8, 4) is 0 Å². The van der Waals surface area contributed by atoms with Gasteiger partial charge in [-0.1, -0.05) is 6.92 Å². The Morgan fingerprint density at radius 1 is 1.60 bits per heavy atom. The van der Waals surface area contributed by atoms with Crippen LogP contribution in [0.5, 0.6) is 0 Å². The molecule has 0 aliphatic rings. The normalized spacial score (nSPS) is 14.9. The molecular weight excluding hydrogens is 190 g/mol. The molecule has 15 heavy (non-hydrogen) atoms. The van der Waals surface area contributed by atoms with Crippen LogP contribution in [0.4, 0.5) is 0 Å². The van der Waals surface area contributed by atoms with Crippen LogP contribution in [-0.2, 0) is 11.2 Å². The minimum absolute atomic E-state index is 0.0319. The summed E-state index contributed by atoms with van der Waals surface area (Å²) in [5.41, 5.74) is 6.30. The fourth-order valence-electron chi connectivity index (χ4n) is 1.24. The van der Waals surface area contributed by atoms with E-state index in [0.717, 1.165) is 12.1 Å². The van der Waals surface area contributed by atoms with Gasteiger partial charge in [0.2, 0.25) is 0 Å². The highest BCUT2D eigenvalue weighted by Crippen LogP contribution is 2.09. The molecule has 2 N–H and O–H groups in total. The van der Waals surface area contributed by atoms with Crippen molar-refractivity contribution in [2.45, 2.75) is 45.7 Å². The van der Waals surface area contributed by atoms with Crippen LogP contribution < -0.4 is 5.73 Å². The number of hydrogen-bond acceptors (Lipinski definition) is 3.